The molecule has 0 bridgehead atoms. The summed E-state index contributed by atoms with van der Waals surface area (Å²) < 4.78 is 28.8. The lowest BCUT2D eigenvalue weighted by atomic mass is 10.1. The van der Waals surface area contributed by atoms with Gasteiger partial charge in [-0.3, -0.25) is 9.52 Å². The van der Waals surface area contributed by atoms with E-state index in [1.54, 1.807) is 0 Å². The summed E-state index contributed by atoms with van der Waals surface area (Å²) in [6.07, 6.45) is 1.80. The van der Waals surface area contributed by atoms with Gasteiger partial charge >= 0.3 is 0 Å². The lowest BCUT2D eigenvalue weighted by Crippen LogP contribution is -2.40. The maximum absolute atomic E-state index is 13.0. The zero-order valence-corrected chi connectivity index (χ0v) is 17.3. The Kier molecular flexibility index (Phi) is 5.65. The molecule has 0 fully saturated rings. The lowest BCUT2D eigenvalue weighted by Gasteiger charge is -2.20. The van der Waals surface area contributed by atoms with E-state index in [0.29, 0.717) is 37.4 Å². The van der Waals surface area contributed by atoms with E-state index < -0.39 is 15.6 Å². The average molecular weight is 420 g/mol. The molecule has 0 aliphatic carbocycles. The Labute approximate surface area is 168 Å². The molecule has 3 rings (SSSR count). The Morgan fingerprint density at radius 2 is 1.97 bits per heavy atom. The predicted molar refractivity (Wildman–Crippen MR) is 108 cm³/mol. The van der Waals surface area contributed by atoms with Gasteiger partial charge in [-0.15, -0.1) is 0 Å². The van der Waals surface area contributed by atoms with Crippen LogP contribution in [-0.2, 0) is 23.0 Å². The molecule has 10 heteroatoms. The Bertz CT molecular complexity index is 1140. The predicted octanol–water partition coefficient (Wildman–Crippen LogP) is 2.02. The summed E-state index contributed by atoms with van der Waals surface area (Å²) in [5.41, 5.74) is -0.469. The molecule has 0 unspecified atom stereocenters. The Morgan fingerprint density at radius 1 is 1.24 bits per heavy atom. The van der Waals surface area contributed by atoms with Crippen molar-refractivity contribution in [2.24, 2.45) is 10.9 Å². The number of phenolic OH excluding ortho intramolecular Hbond substituents is 1. The monoisotopic (exact) mass is 420 g/mol. The molecule has 0 radical (unpaired) electrons. The van der Waals surface area contributed by atoms with Crippen LogP contribution in [0.5, 0.6) is 11.5 Å². The molecule has 0 amide bonds. The number of hydrogen-bond donors (Lipinski definition) is 3. The first-order valence-corrected chi connectivity index (χ1v) is 10.9. The molecule has 0 spiro atoms. The Hall–Kier alpha value is -2.88. The lowest BCUT2D eigenvalue weighted by molar-refractivity contribution is 0.428. The number of aryl methyl sites for hydroxylation is 2. The van der Waals surface area contributed by atoms with E-state index in [0.717, 1.165) is 6.07 Å². The Balaban J connectivity index is 2.22. The molecule has 1 aliphatic heterocycles. The van der Waals surface area contributed by atoms with Crippen molar-refractivity contribution in [3.8, 4) is 11.5 Å². The van der Waals surface area contributed by atoms with Crippen molar-refractivity contribution in [1.29, 1.82) is 0 Å². The number of phenols is 1. The summed E-state index contributed by atoms with van der Waals surface area (Å²) in [4.78, 5) is 17.0. The van der Waals surface area contributed by atoms with Gasteiger partial charge in [-0.2, -0.15) is 5.10 Å². The fourth-order valence-electron chi connectivity index (χ4n) is 3.01. The van der Waals surface area contributed by atoms with Gasteiger partial charge in [0.2, 0.25) is 0 Å². The molecule has 3 N–H and O–H groups in total. The molecule has 2 heterocycles. The van der Waals surface area contributed by atoms with E-state index in [2.05, 4.69) is 14.8 Å². The average Bonchev–Trinajstić information content (AvgIpc) is 2.63. The van der Waals surface area contributed by atoms with Crippen LogP contribution in [0.1, 0.15) is 44.9 Å². The third-order valence-electron chi connectivity index (χ3n) is 4.54. The van der Waals surface area contributed by atoms with Crippen molar-refractivity contribution in [3.63, 3.8) is 0 Å². The number of amidine groups is 1. The van der Waals surface area contributed by atoms with Crippen LogP contribution < -0.4 is 10.3 Å². The van der Waals surface area contributed by atoms with Gasteiger partial charge in [-0.05, 0) is 30.9 Å². The quantitative estimate of drug-likeness (QED) is 0.655. The second-order valence-electron chi connectivity index (χ2n) is 7.35. The molecular weight excluding hydrogens is 396 g/mol. The highest BCUT2D eigenvalue weighted by atomic mass is 32.2. The fraction of sp³-hybridized carbons (Fsp3) is 0.421. The third kappa shape index (κ3) is 4.12. The van der Waals surface area contributed by atoms with E-state index in [-0.39, 0.29) is 33.5 Å². The molecule has 29 heavy (non-hydrogen) atoms. The smallest absolute Gasteiger partial charge is 0.281 e. The highest BCUT2D eigenvalue weighted by molar-refractivity contribution is 7.90. The van der Waals surface area contributed by atoms with Crippen molar-refractivity contribution in [1.82, 2.24) is 14.5 Å². The number of nitrogens with zero attached hydrogens (tertiary/aromatic N) is 3. The minimum absolute atomic E-state index is 0.0675. The largest absolute Gasteiger partial charge is 0.508 e. The molecule has 1 aliphatic rings. The normalized spacial score (nSPS) is 15.0. The van der Waals surface area contributed by atoms with Crippen LogP contribution in [0.3, 0.4) is 0 Å². The number of aromatic nitrogens is 2. The summed E-state index contributed by atoms with van der Waals surface area (Å²) >= 11 is 0. The molecule has 0 saturated carbocycles. The van der Waals surface area contributed by atoms with Crippen molar-refractivity contribution in [3.05, 3.63) is 39.8 Å². The molecule has 0 atom stereocenters. The second-order valence-corrected chi connectivity index (χ2v) is 9.00. The van der Waals surface area contributed by atoms with Gasteiger partial charge in [-0.1, -0.05) is 27.2 Å². The minimum atomic E-state index is -4.08. The first-order valence-electron chi connectivity index (χ1n) is 9.42. The van der Waals surface area contributed by atoms with Crippen LogP contribution in [0.4, 0.5) is 5.69 Å². The summed E-state index contributed by atoms with van der Waals surface area (Å²) in [6, 6.07) is 3.72. The number of hydrogen-bond acceptors (Lipinski definition) is 7. The van der Waals surface area contributed by atoms with Gasteiger partial charge < -0.3 is 10.2 Å². The van der Waals surface area contributed by atoms with E-state index in [9.17, 15) is 23.4 Å². The molecule has 1 aromatic heterocycles. The van der Waals surface area contributed by atoms with Gasteiger partial charge in [0.25, 0.3) is 15.6 Å². The zero-order valence-electron chi connectivity index (χ0n) is 16.5. The van der Waals surface area contributed by atoms with Crippen LogP contribution in [0.2, 0.25) is 0 Å². The number of aliphatic imine (C=N–C) groups is 1. The molecule has 1 aromatic carbocycles. The molecular formula is C19H24N4O5S. The minimum Gasteiger partial charge on any atom is -0.508 e. The molecule has 156 valence electrons. The first kappa shape index (κ1) is 20.8. The number of aromatic hydroxyl groups is 2. The highest BCUT2D eigenvalue weighted by Gasteiger charge is 2.31. The van der Waals surface area contributed by atoms with Crippen molar-refractivity contribution < 1.29 is 18.6 Å². The number of nitrogens with one attached hydrogen (secondary N) is 1. The summed E-state index contributed by atoms with van der Waals surface area (Å²) in [5, 5.41) is 24.5. The van der Waals surface area contributed by atoms with E-state index >= 15 is 0 Å². The summed E-state index contributed by atoms with van der Waals surface area (Å²) in [6.45, 7) is 6.29. The van der Waals surface area contributed by atoms with Crippen LogP contribution >= 0.6 is 0 Å². The maximum Gasteiger partial charge on any atom is 0.281 e. The number of fused-ring (bicyclic) bond motifs is 1. The van der Waals surface area contributed by atoms with Gasteiger partial charge in [0, 0.05) is 12.6 Å². The van der Waals surface area contributed by atoms with Gasteiger partial charge in [0.1, 0.15) is 21.9 Å². The molecule has 2 aromatic rings. The molecule has 0 saturated heterocycles. The maximum atomic E-state index is 13.0. The van der Waals surface area contributed by atoms with Crippen LogP contribution in [0.25, 0.3) is 0 Å². The van der Waals surface area contributed by atoms with Crippen LogP contribution in [-0.4, -0.2) is 34.2 Å². The second kappa shape index (κ2) is 7.86. The summed E-state index contributed by atoms with van der Waals surface area (Å²) in [5.74, 6) is -0.522. The van der Waals surface area contributed by atoms with Crippen molar-refractivity contribution >= 4 is 21.5 Å². The topological polar surface area (TPSA) is 134 Å². The third-order valence-corrected chi connectivity index (χ3v) is 5.91. The summed E-state index contributed by atoms with van der Waals surface area (Å²) in [7, 11) is -4.08. The van der Waals surface area contributed by atoms with Crippen LogP contribution in [0.15, 0.2) is 32.9 Å². The number of benzene rings is 1. The van der Waals surface area contributed by atoms with E-state index in [1.165, 1.54) is 16.8 Å². The van der Waals surface area contributed by atoms with Crippen molar-refractivity contribution in [2.75, 3.05) is 0 Å². The fourth-order valence-corrected chi connectivity index (χ4v) is 4.18. The molecule has 9 nitrogen and oxygen atoms in total. The highest BCUT2D eigenvalue weighted by Crippen LogP contribution is 2.32. The van der Waals surface area contributed by atoms with Gasteiger partial charge in [0.15, 0.2) is 11.6 Å². The first-order chi connectivity index (χ1) is 13.6. The van der Waals surface area contributed by atoms with Gasteiger partial charge in [-0.25, -0.2) is 18.1 Å². The zero-order chi connectivity index (χ0) is 21.3. The number of sulfonamides is 1. The standard InChI is InChI=1S/C19H24N4O5S/c1-4-5-14-17(25)16(19(26)23(21-14)9-8-11(2)3)18-20-13-7-6-12(24)10-15(13)29(27,28)22-18/h6-7,10-11,24-25H,4-5,8-9H2,1-3H3,(H,20,22). The van der Waals surface area contributed by atoms with Crippen LogP contribution in [0, 0.1) is 5.92 Å². The van der Waals surface area contributed by atoms with E-state index in [4.69, 9.17) is 0 Å². The van der Waals surface area contributed by atoms with E-state index in [1.807, 2.05) is 20.8 Å². The Morgan fingerprint density at radius 3 is 2.62 bits per heavy atom. The van der Waals surface area contributed by atoms with Crippen molar-refractivity contribution in [2.45, 2.75) is 51.5 Å². The SMILES string of the molecule is CCCc1nn(CCC(C)C)c(=O)c(C2=Nc3ccc(O)cc3S(=O)(=O)N2)c1O. The van der Waals surface area contributed by atoms with Gasteiger partial charge in [0.05, 0.1) is 5.69 Å². The number of rotatable bonds is 6.